The minimum atomic E-state index is -0.182. The lowest BCUT2D eigenvalue weighted by Crippen LogP contribution is -2.41. The highest BCUT2D eigenvalue weighted by atomic mass is 16.2. The number of nitrogens with one attached hydrogen (secondary N) is 1. The highest BCUT2D eigenvalue weighted by molar-refractivity contribution is 5.84. The number of hydrogen-bond donors (Lipinski definition) is 1. The molecule has 0 heterocycles. The summed E-state index contributed by atoms with van der Waals surface area (Å²) in [5.74, 6) is 0.163. The smallest absolute Gasteiger partial charge is 0.244 e. The molecule has 1 amide bonds. The number of aryl methyl sites for hydroxylation is 1. The quantitative estimate of drug-likeness (QED) is 0.817. The van der Waals surface area contributed by atoms with E-state index in [0.717, 1.165) is 31.6 Å². The van der Waals surface area contributed by atoms with Crippen LogP contribution in [-0.2, 0) is 11.2 Å². The number of anilines is 1. The van der Waals surface area contributed by atoms with Gasteiger partial charge >= 0.3 is 0 Å². The molecule has 1 aromatic carbocycles. The summed E-state index contributed by atoms with van der Waals surface area (Å²) >= 11 is 0. The van der Waals surface area contributed by atoms with Crippen molar-refractivity contribution < 1.29 is 4.79 Å². The number of benzene rings is 1. The lowest BCUT2D eigenvalue weighted by molar-refractivity contribution is -0.131. The van der Waals surface area contributed by atoms with Crippen LogP contribution in [0.25, 0.3) is 0 Å². The molecule has 0 radical (unpaired) electrons. The summed E-state index contributed by atoms with van der Waals surface area (Å²) in [7, 11) is 0. The van der Waals surface area contributed by atoms with E-state index < -0.39 is 0 Å². The van der Waals surface area contributed by atoms with Gasteiger partial charge in [-0.1, -0.05) is 31.5 Å². The molecule has 0 saturated heterocycles. The molecule has 3 heteroatoms. The first-order chi connectivity index (χ1) is 9.13. The first-order valence-corrected chi connectivity index (χ1v) is 7.27. The summed E-state index contributed by atoms with van der Waals surface area (Å²) in [6, 6.07) is 8.05. The minimum absolute atomic E-state index is 0.163. The average Bonchev–Trinajstić information content (AvgIpc) is 2.42. The molecule has 1 aromatic rings. The van der Waals surface area contributed by atoms with Gasteiger partial charge in [0.05, 0.1) is 0 Å². The van der Waals surface area contributed by atoms with Crippen LogP contribution in [0.4, 0.5) is 5.69 Å². The molecule has 0 saturated carbocycles. The zero-order valence-electron chi connectivity index (χ0n) is 12.6. The van der Waals surface area contributed by atoms with Gasteiger partial charge in [-0.25, -0.2) is 0 Å². The Kier molecular flexibility index (Phi) is 6.40. The molecule has 1 N–H and O–H groups in total. The van der Waals surface area contributed by atoms with E-state index in [1.54, 1.807) is 0 Å². The second-order valence-electron chi connectivity index (χ2n) is 4.78. The molecule has 106 valence electrons. The summed E-state index contributed by atoms with van der Waals surface area (Å²) in [5.41, 5.74) is 2.36. The zero-order valence-corrected chi connectivity index (χ0v) is 12.6. The number of amides is 1. The summed E-state index contributed by atoms with van der Waals surface area (Å²) in [4.78, 5) is 14.1. The van der Waals surface area contributed by atoms with Crippen molar-refractivity contribution in [3.8, 4) is 0 Å². The molecule has 1 atom stereocenters. The highest BCUT2D eigenvalue weighted by Crippen LogP contribution is 2.18. The molecular formula is C16H26N2O. The second kappa shape index (κ2) is 7.82. The summed E-state index contributed by atoms with van der Waals surface area (Å²) in [6.07, 6.45) is 2.15. The number of para-hydroxylation sites is 1. The maximum atomic E-state index is 12.2. The predicted molar refractivity (Wildman–Crippen MR) is 81.4 cm³/mol. The Labute approximate surface area is 117 Å². The zero-order chi connectivity index (χ0) is 14.3. The van der Waals surface area contributed by atoms with Crippen LogP contribution in [0.5, 0.6) is 0 Å². The van der Waals surface area contributed by atoms with Crippen molar-refractivity contribution in [1.29, 1.82) is 0 Å². The Hall–Kier alpha value is -1.51. The molecule has 0 fully saturated rings. The van der Waals surface area contributed by atoms with Gasteiger partial charge in [-0.05, 0) is 38.8 Å². The summed E-state index contributed by atoms with van der Waals surface area (Å²) < 4.78 is 0. The molecule has 3 nitrogen and oxygen atoms in total. The number of hydrogen-bond acceptors (Lipinski definition) is 2. The van der Waals surface area contributed by atoms with Crippen molar-refractivity contribution in [3.63, 3.8) is 0 Å². The fourth-order valence-electron chi connectivity index (χ4n) is 2.25. The normalized spacial score (nSPS) is 12.0. The summed E-state index contributed by atoms with van der Waals surface area (Å²) in [5, 5.41) is 3.35. The van der Waals surface area contributed by atoms with Crippen LogP contribution in [0.1, 0.15) is 39.7 Å². The first-order valence-electron chi connectivity index (χ1n) is 7.27. The average molecular weight is 262 g/mol. The number of rotatable bonds is 7. The molecule has 19 heavy (non-hydrogen) atoms. The van der Waals surface area contributed by atoms with Crippen LogP contribution in [0.15, 0.2) is 24.3 Å². The van der Waals surface area contributed by atoms with Crippen LogP contribution in [0.3, 0.4) is 0 Å². The van der Waals surface area contributed by atoms with Crippen LogP contribution in [-0.4, -0.2) is 29.9 Å². The van der Waals surface area contributed by atoms with E-state index in [2.05, 4.69) is 24.4 Å². The fraction of sp³-hybridized carbons (Fsp3) is 0.562. The van der Waals surface area contributed by atoms with Gasteiger partial charge in [0.25, 0.3) is 0 Å². The molecular weight excluding hydrogens is 236 g/mol. The Bertz CT molecular complexity index is 399. The third-order valence-corrected chi connectivity index (χ3v) is 3.35. The van der Waals surface area contributed by atoms with E-state index in [1.807, 2.05) is 37.8 Å². The van der Waals surface area contributed by atoms with Crippen LogP contribution >= 0.6 is 0 Å². The van der Waals surface area contributed by atoms with Crippen molar-refractivity contribution in [3.05, 3.63) is 29.8 Å². The predicted octanol–water partition coefficient (Wildman–Crippen LogP) is 3.31. The SMILES string of the molecule is CCCc1ccccc1NC(C)C(=O)N(CC)CC. The van der Waals surface area contributed by atoms with Gasteiger partial charge in [-0.15, -0.1) is 0 Å². The van der Waals surface area contributed by atoms with Crippen LogP contribution < -0.4 is 5.32 Å². The standard InChI is InChI=1S/C16H26N2O/c1-5-10-14-11-8-9-12-15(14)17-13(4)16(19)18(6-2)7-3/h8-9,11-13,17H,5-7,10H2,1-4H3. The Morgan fingerprint density at radius 3 is 2.42 bits per heavy atom. The van der Waals surface area contributed by atoms with Gasteiger partial charge in [0.15, 0.2) is 0 Å². The van der Waals surface area contributed by atoms with Crippen LogP contribution in [0.2, 0.25) is 0 Å². The third kappa shape index (κ3) is 4.27. The van der Waals surface area contributed by atoms with Crippen molar-refractivity contribution in [2.45, 2.75) is 46.6 Å². The van der Waals surface area contributed by atoms with Gasteiger partial charge in [0.2, 0.25) is 5.91 Å². The third-order valence-electron chi connectivity index (χ3n) is 3.35. The monoisotopic (exact) mass is 262 g/mol. The lowest BCUT2D eigenvalue weighted by atomic mass is 10.1. The molecule has 0 bridgehead atoms. The maximum Gasteiger partial charge on any atom is 0.244 e. The molecule has 1 unspecified atom stereocenters. The minimum Gasteiger partial charge on any atom is -0.374 e. The molecule has 1 rings (SSSR count). The Balaban J connectivity index is 2.76. The van der Waals surface area contributed by atoms with Crippen molar-refractivity contribution in [1.82, 2.24) is 4.90 Å². The van der Waals surface area contributed by atoms with Gasteiger partial charge in [-0.2, -0.15) is 0 Å². The Morgan fingerprint density at radius 2 is 1.84 bits per heavy atom. The van der Waals surface area contributed by atoms with Gasteiger partial charge < -0.3 is 10.2 Å². The molecule has 0 aromatic heterocycles. The summed E-state index contributed by atoms with van der Waals surface area (Å²) in [6.45, 7) is 9.65. The molecule has 0 aliphatic heterocycles. The van der Waals surface area contributed by atoms with E-state index in [4.69, 9.17) is 0 Å². The lowest BCUT2D eigenvalue weighted by Gasteiger charge is -2.24. The van der Waals surface area contributed by atoms with E-state index in [0.29, 0.717) is 0 Å². The van der Waals surface area contributed by atoms with Crippen molar-refractivity contribution in [2.75, 3.05) is 18.4 Å². The van der Waals surface area contributed by atoms with E-state index >= 15 is 0 Å². The number of carbonyl (C=O) groups is 1. The topological polar surface area (TPSA) is 32.3 Å². The van der Waals surface area contributed by atoms with Gasteiger partial charge in [0, 0.05) is 18.8 Å². The molecule has 0 spiro atoms. The fourth-order valence-corrected chi connectivity index (χ4v) is 2.25. The van der Waals surface area contributed by atoms with Crippen LogP contribution in [0, 0.1) is 0 Å². The first kappa shape index (κ1) is 15.5. The highest BCUT2D eigenvalue weighted by Gasteiger charge is 2.18. The van der Waals surface area contributed by atoms with Gasteiger partial charge in [-0.3, -0.25) is 4.79 Å². The Morgan fingerprint density at radius 1 is 1.21 bits per heavy atom. The van der Waals surface area contributed by atoms with Crippen molar-refractivity contribution in [2.24, 2.45) is 0 Å². The largest absolute Gasteiger partial charge is 0.374 e. The van der Waals surface area contributed by atoms with Crippen molar-refractivity contribution >= 4 is 11.6 Å². The van der Waals surface area contributed by atoms with E-state index in [9.17, 15) is 4.79 Å². The molecule has 0 aliphatic rings. The maximum absolute atomic E-state index is 12.2. The van der Waals surface area contributed by atoms with E-state index in [1.165, 1.54) is 5.56 Å². The second-order valence-corrected chi connectivity index (χ2v) is 4.78. The number of likely N-dealkylation sites (N-methyl/N-ethyl adjacent to an activating group) is 1. The van der Waals surface area contributed by atoms with Gasteiger partial charge in [0.1, 0.15) is 6.04 Å². The number of carbonyl (C=O) groups excluding carboxylic acids is 1. The molecule has 0 aliphatic carbocycles. The van der Waals surface area contributed by atoms with E-state index in [-0.39, 0.29) is 11.9 Å². The number of nitrogens with zero attached hydrogens (tertiary/aromatic N) is 1.